The molecule has 0 N–H and O–H groups in total. The van der Waals surface area contributed by atoms with Crippen molar-refractivity contribution in [3.8, 4) is 0 Å². The standard InChI is InChI=1S/C16H16Cl3N3/c17-12-4-1-2-5-15(12)21-6-3-7-22(9-8-21)16-13(18)10-20-11-14(16)19/h1-2,4-5,10-11H,3,6-9H2. The summed E-state index contributed by atoms with van der Waals surface area (Å²) in [6, 6.07) is 7.95. The molecule has 0 saturated carbocycles. The van der Waals surface area contributed by atoms with Gasteiger partial charge in [0.15, 0.2) is 0 Å². The van der Waals surface area contributed by atoms with Crippen LogP contribution >= 0.6 is 34.8 Å². The fraction of sp³-hybridized carbons (Fsp3) is 0.312. The first-order valence-electron chi connectivity index (χ1n) is 7.20. The zero-order valence-corrected chi connectivity index (χ0v) is 14.2. The number of nitrogens with zero attached hydrogens (tertiary/aromatic N) is 3. The maximum absolute atomic E-state index is 6.31. The first-order valence-corrected chi connectivity index (χ1v) is 8.33. The van der Waals surface area contributed by atoms with Gasteiger partial charge in [-0.1, -0.05) is 46.9 Å². The predicted octanol–water partition coefficient (Wildman–Crippen LogP) is 4.76. The van der Waals surface area contributed by atoms with Gasteiger partial charge in [0.2, 0.25) is 0 Å². The lowest BCUT2D eigenvalue weighted by atomic mass is 10.2. The van der Waals surface area contributed by atoms with Gasteiger partial charge in [-0.3, -0.25) is 4.98 Å². The zero-order valence-electron chi connectivity index (χ0n) is 12.0. The molecule has 0 radical (unpaired) electrons. The van der Waals surface area contributed by atoms with E-state index in [-0.39, 0.29) is 0 Å². The number of pyridine rings is 1. The molecule has 0 unspecified atom stereocenters. The number of halogens is 3. The molecule has 1 fully saturated rings. The molecule has 0 spiro atoms. The molecule has 1 saturated heterocycles. The molecule has 0 amide bonds. The average molecular weight is 357 g/mol. The van der Waals surface area contributed by atoms with E-state index in [1.165, 1.54) is 0 Å². The Morgan fingerprint density at radius 3 is 2.14 bits per heavy atom. The highest BCUT2D eigenvalue weighted by atomic mass is 35.5. The van der Waals surface area contributed by atoms with Gasteiger partial charge in [-0.25, -0.2) is 0 Å². The normalized spacial score (nSPS) is 15.8. The van der Waals surface area contributed by atoms with E-state index < -0.39 is 0 Å². The summed E-state index contributed by atoms with van der Waals surface area (Å²) in [5, 5.41) is 1.98. The molecule has 1 aliphatic rings. The third kappa shape index (κ3) is 3.27. The SMILES string of the molecule is Clc1ccccc1N1CCCN(c2c(Cl)cncc2Cl)CC1. The quantitative estimate of drug-likeness (QED) is 0.773. The van der Waals surface area contributed by atoms with Gasteiger partial charge in [0, 0.05) is 38.6 Å². The second-order valence-corrected chi connectivity index (χ2v) is 6.45. The number of aromatic nitrogens is 1. The van der Waals surface area contributed by atoms with Crippen LogP contribution in [0, 0.1) is 0 Å². The second-order valence-electron chi connectivity index (χ2n) is 5.23. The molecule has 3 rings (SSSR count). The van der Waals surface area contributed by atoms with Crippen molar-refractivity contribution in [1.29, 1.82) is 0 Å². The van der Waals surface area contributed by atoms with Gasteiger partial charge in [-0.2, -0.15) is 0 Å². The van der Waals surface area contributed by atoms with Crippen LogP contribution in [0.25, 0.3) is 0 Å². The second kappa shape index (κ2) is 6.95. The van der Waals surface area contributed by atoms with Crippen molar-refractivity contribution < 1.29 is 0 Å². The summed E-state index contributed by atoms with van der Waals surface area (Å²) >= 11 is 18.9. The van der Waals surface area contributed by atoms with Crippen LogP contribution in [0.2, 0.25) is 15.1 Å². The number of anilines is 2. The summed E-state index contributed by atoms with van der Waals surface area (Å²) in [5.74, 6) is 0. The number of para-hydroxylation sites is 1. The van der Waals surface area contributed by atoms with Gasteiger partial charge in [-0.15, -0.1) is 0 Å². The van der Waals surface area contributed by atoms with Gasteiger partial charge < -0.3 is 9.80 Å². The highest BCUT2D eigenvalue weighted by Gasteiger charge is 2.20. The number of hydrogen-bond donors (Lipinski definition) is 0. The summed E-state index contributed by atoms with van der Waals surface area (Å²) < 4.78 is 0. The largest absolute Gasteiger partial charge is 0.368 e. The van der Waals surface area contributed by atoms with Crippen molar-refractivity contribution in [2.45, 2.75) is 6.42 Å². The van der Waals surface area contributed by atoms with E-state index in [2.05, 4.69) is 20.9 Å². The van der Waals surface area contributed by atoms with Crippen LogP contribution in [-0.2, 0) is 0 Å². The molecule has 2 aromatic rings. The van der Waals surface area contributed by atoms with Crippen LogP contribution in [0.3, 0.4) is 0 Å². The maximum Gasteiger partial charge on any atom is 0.0838 e. The lowest BCUT2D eigenvalue weighted by Gasteiger charge is -2.26. The Morgan fingerprint density at radius 2 is 1.41 bits per heavy atom. The minimum absolute atomic E-state index is 0.596. The maximum atomic E-state index is 6.31. The van der Waals surface area contributed by atoms with Crippen molar-refractivity contribution in [3.63, 3.8) is 0 Å². The number of rotatable bonds is 2. The lowest BCUT2D eigenvalue weighted by molar-refractivity contribution is 0.806. The Morgan fingerprint density at radius 1 is 0.773 bits per heavy atom. The molecule has 3 nitrogen and oxygen atoms in total. The van der Waals surface area contributed by atoms with Gasteiger partial charge in [0.05, 0.1) is 26.4 Å². The zero-order chi connectivity index (χ0) is 15.5. The van der Waals surface area contributed by atoms with Gasteiger partial charge in [-0.05, 0) is 18.6 Å². The van der Waals surface area contributed by atoms with E-state index >= 15 is 0 Å². The third-order valence-corrected chi connectivity index (χ3v) is 4.71. The summed E-state index contributed by atoms with van der Waals surface area (Å²) in [7, 11) is 0. The number of hydrogen-bond acceptors (Lipinski definition) is 3. The van der Waals surface area contributed by atoms with Crippen LogP contribution in [0.4, 0.5) is 11.4 Å². The summed E-state index contributed by atoms with van der Waals surface area (Å²) in [6.07, 6.45) is 4.29. The Balaban J connectivity index is 1.80. The summed E-state index contributed by atoms with van der Waals surface area (Å²) in [6.45, 7) is 3.58. The van der Waals surface area contributed by atoms with Gasteiger partial charge in [0.1, 0.15) is 0 Å². The topological polar surface area (TPSA) is 19.4 Å². The molecule has 1 aliphatic heterocycles. The Labute approximate surface area is 145 Å². The van der Waals surface area contributed by atoms with Crippen molar-refractivity contribution in [2.24, 2.45) is 0 Å². The van der Waals surface area contributed by atoms with E-state index in [0.29, 0.717) is 10.0 Å². The Kier molecular flexibility index (Phi) is 4.97. The summed E-state index contributed by atoms with van der Waals surface area (Å²) in [5.41, 5.74) is 1.96. The molecule has 2 heterocycles. The Hall–Kier alpha value is -1.16. The van der Waals surface area contributed by atoms with E-state index in [1.54, 1.807) is 12.4 Å². The minimum atomic E-state index is 0.596. The van der Waals surface area contributed by atoms with Crippen LogP contribution < -0.4 is 9.80 Å². The van der Waals surface area contributed by atoms with Crippen LogP contribution in [-0.4, -0.2) is 31.2 Å². The van der Waals surface area contributed by atoms with E-state index in [4.69, 9.17) is 34.8 Å². The van der Waals surface area contributed by atoms with Crippen LogP contribution in [0.1, 0.15) is 6.42 Å². The van der Waals surface area contributed by atoms with E-state index in [0.717, 1.165) is 49.0 Å². The van der Waals surface area contributed by atoms with Crippen LogP contribution in [0.5, 0.6) is 0 Å². The molecule has 1 aromatic carbocycles. The first-order chi connectivity index (χ1) is 10.7. The molecular weight excluding hydrogens is 341 g/mol. The fourth-order valence-electron chi connectivity index (χ4n) is 2.80. The predicted molar refractivity (Wildman–Crippen MR) is 94.8 cm³/mol. The third-order valence-electron chi connectivity index (χ3n) is 3.83. The minimum Gasteiger partial charge on any atom is -0.368 e. The highest BCUT2D eigenvalue weighted by molar-refractivity contribution is 6.38. The Bertz CT molecular complexity index is 643. The van der Waals surface area contributed by atoms with E-state index in [9.17, 15) is 0 Å². The van der Waals surface area contributed by atoms with E-state index in [1.807, 2.05) is 18.2 Å². The molecule has 0 atom stereocenters. The molecule has 1 aromatic heterocycles. The van der Waals surface area contributed by atoms with Crippen molar-refractivity contribution >= 4 is 46.2 Å². The molecular formula is C16H16Cl3N3. The van der Waals surface area contributed by atoms with Crippen molar-refractivity contribution in [1.82, 2.24) is 4.98 Å². The molecule has 22 heavy (non-hydrogen) atoms. The first kappa shape index (κ1) is 15.7. The molecule has 6 heteroatoms. The van der Waals surface area contributed by atoms with Gasteiger partial charge in [0.25, 0.3) is 0 Å². The highest BCUT2D eigenvalue weighted by Crippen LogP contribution is 2.34. The molecule has 0 aliphatic carbocycles. The van der Waals surface area contributed by atoms with Crippen molar-refractivity contribution in [3.05, 3.63) is 51.7 Å². The smallest absolute Gasteiger partial charge is 0.0838 e. The monoisotopic (exact) mass is 355 g/mol. The molecule has 0 bridgehead atoms. The van der Waals surface area contributed by atoms with Crippen LogP contribution in [0.15, 0.2) is 36.7 Å². The van der Waals surface area contributed by atoms with Crippen molar-refractivity contribution in [2.75, 3.05) is 36.0 Å². The number of benzene rings is 1. The lowest BCUT2D eigenvalue weighted by Crippen LogP contribution is -2.31. The molecule has 116 valence electrons. The fourth-order valence-corrected chi connectivity index (χ4v) is 3.66. The summed E-state index contributed by atoms with van der Waals surface area (Å²) in [4.78, 5) is 8.55. The van der Waals surface area contributed by atoms with Gasteiger partial charge >= 0.3 is 0 Å². The average Bonchev–Trinajstić information content (AvgIpc) is 2.74.